The van der Waals surface area contributed by atoms with Gasteiger partial charge in [0.05, 0.1) is 18.4 Å². The predicted octanol–water partition coefficient (Wildman–Crippen LogP) is 4.76. The number of halogens is 1. The predicted molar refractivity (Wildman–Crippen MR) is 105 cm³/mol. The molecule has 0 saturated heterocycles. The van der Waals surface area contributed by atoms with Crippen molar-refractivity contribution in [2.24, 2.45) is 0 Å². The molecule has 0 saturated carbocycles. The lowest BCUT2D eigenvalue weighted by atomic mass is 10.2. The summed E-state index contributed by atoms with van der Waals surface area (Å²) >= 11 is 5.99. The van der Waals surface area contributed by atoms with Crippen molar-refractivity contribution in [3.63, 3.8) is 0 Å². The first kappa shape index (κ1) is 17.8. The van der Waals surface area contributed by atoms with E-state index in [0.717, 1.165) is 11.5 Å². The second kappa shape index (κ2) is 7.89. The van der Waals surface area contributed by atoms with Crippen molar-refractivity contribution in [2.75, 3.05) is 24.4 Å². The zero-order valence-electron chi connectivity index (χ0n) is 14.4. The lowest BCUT2D eigenvalue weighted by molar-refractivity contribution is 0.102. The normalized spacial score (nSPS) is 10.3. The number of para-hydroxylation sites is 1. The lowest BCUT2D eigenvalue weighted by Crippen LogP contribution is -2.15. The molecule has 26 heavy (non-hydrogen) atoms. The maximum Gasteiger partial charge on any atom is 0.257 e. The van der Waals surface area contributed by atoms with Gasteiger partial charge in [0, 0.05) is 24.0 Å². The lowest BCUT2D eigenvalue weighted by Gasteiger charge is -2.18. The van der Waals surface area contributed by atoms with Gasteiger partial charge in [0.15, 0.2) is 0 Å². The number of methoxy groups -OCH3 is 1. The van der Waals surface area contributed by atoms with E-state index in [1.165, 1.54) is 7.11 Å². The van der Waals surface area contributed by atoms with Crippen molar-refractivity contribution < 1.29 is 9.53 Å². The number of hydrogen-bond donors (Lipinski definition) is 1. The van der Waals surface area contributed by atoms with Gasteiger partial charge in [0.25, 0.3) is 5.91 Å². The first-order valence-electron chi connectivity index (χ1n) is 7.98. The molecular weight excluding hydrogens is 350 g/mol. The molecule has 0 spiro atoms. The summed E-state index contributed by atoms with van der Waals surface area (Å²) in [5.41, 5.74) is 1.97. The van der Waals surface area contributed by atoms with Crippen molar-refractivity contribution in [2.45, 2.75) is 0 Å². The van der Waals surface area contributed by atoms with Crippen LogP contribution in [0.15, 0.2) is 66.9 Å². The van der Waals surface area contributed by atoms with Gasteiger partial charge < -0.3 is 15.0 Å². The highest BCUT2D eigenvalue weighted by atomic mass is 35.5. The fourth-order valence-corrected chi connectivity index (χ4v) is 2.65. The van der Waals surface area contributed by atoms with Crippen LogP contribution in [0.2, 0.25) is 5.02 Å². The minimum absolute atomic E-state index is 0.285. The van der Waals surface area contributed by atoms with Crippen LogP contribution < -0.4 is 15.0 Å². The number of ether oxygens (including phenoxy) is 1. The van der Waals surface area contributed by atoms with E-state index in [-0.39, 0.29) is 5.91 Å². The molecule has 0 bridgehead atoms. The highest BCUT2D eigenvalue weighted by Gasteiger charge is 2.12. The average Bonchev–Trinajstić information content (AvgIpc) is 2.68. The minimum atomic E-state index is -0.285. The third-order valence-electron chi connectivity index (χ3n) is 3.91. The summed E-state index contributed by atoms with van der Waals surface area (Å²) in [6.07, 6.45) is 1.54. The fourth-order valence-electron chi connectivity index (χ4n) is 2.48. The first-order chi connectivity index (χ1) is 12.6. The molecule has 5 nitrogen and oxygen atoms in total. The van der Waals surface area contributed by atoms with E-state index in [1.54, 1.807) is 36.5 Å². The molecule has 1 heterocycles. The molecule has 132 valence electrons. The van der Waals surface area contributed by atoms with Gasteiger partial charge in [0.2, 0.25) is 0 Å². The molecule has 0 fully saturated rings. The van der Waals surface area contributed by atoms with Crippen molar-refractivity contribution in [1.82, 2.24) is 4.98 Å². The van der Waals surface area contributed by atoms with Gasteiger partial charge in [-0.05, 0) is 42.5 Å². The molecule has 3 aromatic rings. The standard InChI is InChI=1S/C20H18ClN3O2/c1-24(16-6-4-3-5-7-16)19-11-8-14(13-22-19)20(25)23-17-12-15(21)9-10-18(17)26-2/h3-13H,1-2H3,(H,23,25). The quantitative estimate of drug-likeness (QED) is 0.706. The average molecular weight is 368 g/mol. The molecule has 0 aliphatic rings. The molecule has 0 unspecified atom stereocenters. The molecule has 1 N–H and O–H groups in total. The maximum absolute atomic E-state index is 12.5. The number of pyridine rings is 1. The fraction of sp³-hybridized carbons (Fsp3) is 0.100. The summed E-state index contributed by atoms with van der Waals surface area (Å²) in [6, 6.07) is 18.5. The Morgan fingerprint density at radius 1 is 1.12 bits per heavy atom. The van der Waals surface area contributed by atoms with Gasteiger partial charge in [0.1, 0.15) is 11.6 Å². The van der Waals surface area contributed by atoms with Crippen molar-refractivity contribution in [3.05, 3.63) is 77.4 Å². The van der Waals surface area contributed by atoms with Crippen LogP contribution in [0, 0.1) is 0 Å². The van der Waals surface area contributed by atoms with Gasteiger partial charge in [-0.1, -0.05) is 29.8 Å². The van der Waals surface area contributed by atoms with E-state index >= 15 is 0 Å². The second-order valence-corrected chi connectivity index (χ2v) is 6.03. The van der Waals surface area contributed by atoms with E-state index in [1.807, 2.05) is 42.3 Å². The second-order valence-electron chi connectivity index (χ2n) is 5.60. The monoisotopic (exact) mass is 367 g/mol. The van der Waals surface area contributed by atoms with Gasteiger partial charge >= 0.3 is 0 Å². The Kier molecular flexibility index (Phi) is 5.39. The number of amides is 1. The number of anilines is 3. The molecule has 0 radical (unpaired) electrons. The molecule has 6 heteroatoms. The summed E-state index contributed by atoms with van der Waals surface area (Å²) in [6.45, 7) is 0. The summed E-state index contributed by atoms with van der Waals surface area (Å²) < 4.78 is 5.24. The molecule has 0 aliphatic carbocycles. The Morgan fingerprint density at radius 3 is 2.54 bits per heavy atom. The number of aromatic nitrogens is 1. The summed E-state index contributed by atoms with van der Waals surface area (Å²) in [4.78, 5) is 18.8. The van der Waals surface area contributed by atoms with E-state index < -0.39 is 0 Å². The Labute approximate surface area is 157 Å². The van der Waals surface area contributed by atoms with Crippen LogP contribution in [-0.4, -0.2) is 25.0 Å². The maximum atomic E-state index is 12.5. The number of carbonyl (C=O) groups is 1. The SMILES string of the molecule is COc1ccc(Cl)cc1NC(=O)c1ccc(N(C)c2ccccc2)nc1. The number of nitrogens with zero attached hydrogens (tertiary/aromatic N) is 2. The third-order valence-corrected chi connectivity index (χ3v) is 4.14. The number of carbonyl (C=O) groups excluding carboxylic acids is 1. The van der Waals surface area contributed by atoms with Crippen LogP contribution in [0.1, 0.15) is 10.4 Å². The van der Waals surface area contributed by atoms with Gasteiger partial charge in [-0.2, -0.15) is 0 Å². The number of hydrogen-bond acceptors (Lipinski definition) is 4. The van der Waals surface area contributed by atoms with Crippen LogP contribution in [0.5, 0.6) is 5.75 Å². The van der Waals surface area contributed by atoms with Crippen LogP contribution in [0.3, 0.4) is 0 Å². The van der Waals surface area contributed by atoms with E-state index in [9.17, 15) is 4.79 Å². The van der Waals surface area contributed by atoms with Gasteiger partial charge in [-0.25, -0.2) is 4.98 Å². The minimum Gasteiger partial charge on any atom is -0.495 e. The molecule has 0 aliphatic heterocycles. The Hall–Kier alpha value is -3.05. The van der Waals surface area contributed by atoms with Crippen molar-refractivity contribution in [1.29, 1.82) is 0 Å². The summed E-state index contributed by atoms with van der Waals surface area (Å²) in [5, 5.41) is 3.31. The zero-order chi connectivity index (χ0) is 18.5. The van der Waals surface area contributed by atoms with Crippen molar-refractivity contribution in [3.8, 4) is 5.75 Å². The van der Waals surface area contributed by atoms with Crippen molar-refractivity contribution >= 4 is 34.7 Å². The molecule has 0 atom stereocenters. The molecule has 2 aromatic carbocycles. The number of benzene rings is 2. The highest BCUT2D eigenvalue weighted by molar-refractivity contribution is 6.31. The van der Waals surface area contributed by atoms with E-state index in [0.29, 0.717) is 22.0 Å². The number of nitrogens with one attached hydrogen (secondary N) is 1. The zero-order valence-corrected chi connectivity index (χ0v) is 15.2. The van der Waals surface area contributed by atoms with Gasteiger partial charge in [-0.15, -0.1) is 0 Å². The molecule has 1 amide bonds. The van der Waals surface area contributed by atoms with Crippen LogP contribution in [0.25, 0.3) is 0 Å². The Balaban J connectivity index is 1.76. The van der Waals surface area contributed by atoms with Crippen LogP contribution >= 0.6 is 11.6 Å². The van der Waals surface area contributed by atoms with Crippen LogP contribution in [0.4, 0.5) is 17.2 Å². The largest absolute Gasteiger partial charge is 0.495 e. The Morgan fingerprint density at radius 2 is 1.88 bits per heavy atom. The topological polar surface area (TPSA) is 54.5 Å². The summed E-state index contributed by atoms with van der Waals surface area (Å²) in [7, 11) is 3.46. The molecule has 1 aromatic heterocycles. The van der Waals surface area contributed by atoms with E-state index in [4.69, 9.17) is 16.3 Å². The van der Waals surface area contributed by atoms with Crippen LogP contribution in [-0.2, 0) is 0 Å². The molecular formula is C20H18ClN3O2. The highest BCUT2D eigenvalue weighted by Crippen LogP contribution is 2.28. The third kappa shape index (κ3) is 3.95. The van der Waals surface area contributed by atoms with E-state index in [2.05, 4.69) is 10.3 Å². The summed E-state index contributed by atoms with van der Waals surface area (Å²) in [5.74, 6) is 0.996. The Bertz CT molecular complexity index is 899. The van der Waals surface area contributed by atoms with Gasteiger partial charge in [-0.3, -0.25) is 4.79 Å². The molecule has 3 rings (SSSR count). The first-order valence-corrected chi connectivity index (χ1v) is 8.36. The smallest absolute Gasteiger partial charge is 0.257 e. The number of rotatable bonds is 5.